The maximum atomic E-state index is 14.7. The molecule has 0 aromatic heterocycles. The van der Waals surface area contributed by atoms with Gasteiger partial charge >= 0.3 is 0 Å². The van der Waals surface area contributed by atoms with E-state index in [1.54, 1.807) is 24.3 Å². The van der Waals surface area contributed by atoms with E-state index in [2.05, 4.69) is 10.0 Å². The van der Waals surface area contributed by atoms with Crippen molar-refractivity contribution in [1.82, 2.24) is 4.72 Å². The van der Waals surface area contributed by atoms with Crippen molar-refractivity contribution in [3.05, 3.63) is 53.8 Å². The summed E-state index contributed by atoms with van der Waals surface area (Å²) in [5, 5.41) is 2.65. The molecule has 0 bridgehead atoms. The highest BCUT2D eigenvalue weighted by Gasteiger charge is 2.27. The summed E-state index contributed by atoms with van der Waals surface area (Å²) >= 11 is 0. The number of sulfonamides is 1. The van der Waals surface area contributed by atoms with Gasteiger partial charge in [0.2, 0.25) is 15.9 Å². The number of halogens is 1. The second-order valence-electron chi connectivity index (χ2n) is 8.37. The van der Waals surface area contributed by atoms with Crippen molar-refractivity contribution in [2.45, 2.75) is 38.1 Å². The minimum absolute atomic E-state index is 0.0619. The number of carbonyl (C=O) groups is 1. The summed E-state index contributed by atoms with van der Waals surface area (Å²) in [5.41, 5.74) is 1.65. The van der Waals surface area contributed by atoms with Crippen LogP contribution in [-0.2, 0) is 19.6 Å². The van der Waals surface area contributed by atoms with Crippen LogP contribution in [0.5, 0.6) is 0 Å². The highest BCUT2D eigenvalue weighted by Crippen LogP contribution is 2.24. The molecule has 1 aliphatic rings. The van der Waals surface area contributed by atoms with Gasteiger partial charge in [0, 0.05) is 18.8 Å². The Balaban J connectivity index is 1.74. The van der Waals surface area contributed by atoms with Crippen LogP contribution < -0.4 is 14.9 Å². The zero-order valence-electron chi connectivity index (χ0n) is 18.6. The first-order valence-corrected chi connectivity index (χ1v) is 12.2. The van der Waals surface area contributed by atoms with Gasteiger partial charge < -0.3 is 15.0 Å². The number of rotatable bonds is 8. The standard InChI is InChI=1S/C23H30FN3O4S/c1-16(2)14-21(26-32(29,30)19-7-4-17(3)5-8-19)23(28)25-18-6-9-22(20(24)15-18)27-10-12-31-13-11-27/h4-9,15-16,21,26H,10-14H2,1-3H3,(H,25,28)/t21-/m0/s1. The fourth-order valence-corrected chi connectivity index (χ4v) is 4.74. The summed E-state index contributed by atoms with van der Waals surface area (Å²) < 4.78 is 48.1. The predicted molar refractivity (Wildman–Crippen MR) is 123 cm³/mol. The Morgan fingerprint density at radius 2 is 1.78 bits per heavy atom. The van der Waals surface area contributed by atoms with Crippen molar-refractivity contribution in [2.75, 3.05) is 36.5 Å². The Morgan fingerprint density at radius 1 is 1.12 bits per heavy atom. The van der Waals surface area contributed by atoms with Gasteiger partial charge in [-0.25, -0.2) is 12.8 Å². The van der Waals surface area contributed by atoms with Gasteiger partial charge in [-0.15, -0.1) is 0 Å². The van der Waals surface area contributed by atoms with E-state index in [1.807, 2.05) is 25.7 Å². The number of hydrogen-bond acceptors (Lipinski definition) is 5. The molecule has 2 N–H and O–H groups in total. The summed E-state index contributed by atoms with van der Waals surface area (Å²) in [6.45, 7) is 7.93. The number of amides is 1. The molecule has 1 heterocycles. The lowest BCUT2D eigenvalue weighted by Crippen LogP contribution is -2.44. The third-order valence-electron chi connectivity index (χ3n) is 5.22. The van der Waals surface area contributed by atoms with Gasteiger partial charge in [-0.3, -0.25) is 4.79 Å². The molecule has 1 fully saturated rings. The number of anilines is 2. The number of nitrogens with one attached hydrogen (secondary N) is 2. The van der Waals surface area contributed by atoms with Crippen LogP contribution in [0.3, 0.4) is 0 Å². The van der Waals surface area contributed by atoms with Crippen molar-refractivity contribution >= 4 is 27.3 Å². The highest BCUT2D eigenvalue weighted by atomic mass is 32.2. The molecule has 174 valence electrons. The smallest absolute Gasteiger partial charge is 0.242 e. The largest absolute Gasteiger partial charge is 0.378 e. The van der Waals surface area contributed by atoms with Crippen LogP contribution in [0.25, 0.3) is 0 Å². The van der Waals surface area contributed by atoms with Crippen molar-refractivity contribution in [3.63, 3.8) is 0 Å². The van der Waals surface area contributed by atoms with E-state index >= 15 is 0 Å². The van der Waals surface area contributed by atoms with Gasteiger partial charge in [0.05, 0.1) is 23.8 Å². The van der Waals surface area contributed by atoms with E-state index in [9.17, 15) is 17.6 Å². The summed E-state index contributed by atoms with van der Waals surface area (Å²) in [5.74, 6) is -0.926. The number of nitrogens with zero attached hydrogens (tertiary/aromatic N) is 1. The number of aryl methyl sites for hydroxylation is 1. The van der Waals surface area contributed by atoms with Crippen LogP contribution in [-0.4, -0.2) is 46.7 Å². The number of benzene rings is 2. The fraction of sp³-hybridized carbons (Fsp3) is 0.435. The topological polar surface area (TPSA) is 87.7 Å². The second kappa shape index (κ2) is 10.4. The molecular weight excluding hydrogens is 433 g/mol. The van der Waals surface area contributed by atoms with Crippen LogP contribution >= 0.6 is 0 Å². The predicted octanol–water partition coefficient (Wildman–Crippen LogP) is 3.30. The lowest BCUT2D eigenvalue weighted by Gasteiger charge is -2.29. The van der Waals surface area contributed by atoms with Crippen LogP contribution in [0.2, 0.25) is 0 Å². The normalized spacial score (nSPS) is 15.6. The number of carbonyl (C=O) groups excluding carboxylic acids is 1. The average Bonchev–Trinajstić information content (AvgIpc) is 2.74. The van der Waals surface area contributed by atoms with Crippen LogP contribution in [0.15, 0.2) is 47.4 Å². The zero-order valence-corrected chi connectivity index (χ0v) is 19.4. The second-order valence-corrected chi connectivity index (χ2v) is 10.1. The van der Waals surface area contributed by atoms with Gasteiger partial charge in [-0.1, -0.05) is 31.5 Å². The quantitative estimate of drug-likeness (QED) is 0.627. The molecule has 2 aromatic carbocycles. The van der Waals surface area contributed by atoms with Crippen LogP contribution in [0, 0.1) is 18.7 Å². The molecule has 3 rings (SSSR count). The molecule has 9 heteroatoms. The molecule has 1 aliphatic heterocycles. The Bertz CT molecular complexity index is 1040. The number of ether oxygens (including phenoxy) is 1. The van der Waals surface area contributed by atoms with E-state index in [0.717, 1.165) is 5.56 Å². The molecule has 1 saturated heterocycles. The van der Waals surface area contributed by atoms with E-state index in [1.165, 1.54) is 18.2 Å². The lowest BCUT2D eigenvalue weighted by atomic mass is 10.0. The molecule has 0 aliphatic carbocycles. The van der Waals surface area contributed by atoms with Crippen molar-refractivity contribution in [1.29, 1.82) is 0 Å². The Kier molecular flexibility index (Phi) is 7.86. The molecule has 0 radical (unpaired) electrons. The molecular formula is C23H30FN3O4S. The molecule has 1 amide bonds. The summed E-state index contributed by atoms with van der Waals surface area (Å²) in [6.07, 6.45) is 0.297. The molecule has 0 spiro atoms. The lowest BCUT2D eigenvalue weighted by molar-refractivity contribution is -0.118. The first kappa shape index (κ1) is 24.2. The molecule has 1 atom stereocenters. The van der Waals surface area contributed by atoms with Gasteiger partial charge in [0.15, 0.2) is 0 Å². The highest BCUT2D eigenvalue weighted by molar-refractivity contribution is 7.89. The Morgan fingerprint density at radius 3 is 2.38 bits per heavy atom. The van der Waals surface area contributed by atoms with Crippen molar-refractivity contribution < 1.29 is 22.3 Å². The van der Waals surface area contributed by atoms with E-state index in [4.69, 9.17) is 4.74 Å². The Hall–Kier alpha value is -2.49. The number of hydrogen-bond donors (Lipinski definition) is 2. The summed E-state index contributed by atoms with van der Waals surface area (Å²) in [7, 11) is -3.89. The van der Waals surface area contributed by atoms with Crippen molar-refractivity contribution in [3.8, 4) is 0 Å². The third-order valence-corrected chi connectivity index (χ3v) is 6.71. The number of morpholine rings is 1. The maximum Gasteiger partial charge on any atom is 0.242 e. The fourth-order valence-electron chi connectivity index (χ4n) is 3.53. The third kappa shape index (κ3) is 6.27. The SMILES string of the molecule is Cc1ccc(S(=O)(=O)N[C@@H](CC(C)C)C(=O)Nc2ccc(N3CCOCC3)c(F)c2)cc1. The summed E-state index contributed by atoms with van der Waals surface area (Å²) in [4.78, 5) is 14.9. The van der Waals surface area contributed by atoms with E-state index < -0.39 is 27.8 Å². The first-order chi connectivity index (χ1) is 15.2. The van der Waals surface area contributed by atoms with Crippen LogP contribution in [0.4, 0.5) is 15.8 Å². The molecule has 0 unspecified atom stereocenters. The monoisotopic (exact) mass is 463 g/mol. The van der Waals surface area contributed by atoms with Gasteiger partial charge in [-0.2, -0.15) is 4.72 Å². The minimum atomic E-state index is -3.89. The minimum Gasteiger partial charge on any atom is -0.378 e. The van der Waals surface area contributed by atoms with Gasteiger partial charge in [-0.05, 0) is 49.6 Å². The van der Waals surface area contributed by atoms with Gasteiger partial charge in [0.25, 0.3) is 0 Å². The van der Waals surface area contributed by atoms with E-state index in [0.29, 0.717) is 38.4 Å². The van der Waals surface area contributed by atoms with Gasteiger partial charge in [0.1, 0.15) is 11.9 Å². The molecule has 2 aromatic rings. The molecule has 0 saturated carbocycles. The average molecular weight is 464 g/mol. The molecule has 32 heavy (non-hydrogen) atoms. The maximum absolute atomic E-state index is 14.7. The first-order valence-electron chi connectivity index (χ1n) is 10.7. The molecule has 7 nitrogen and oxygen atoms in total. The van der Waals surface area contributed by atoms with Crippen LogP contribution in [0.1, 0.15) is 25.8 Å². The van der Waals surface area contributed by atoms with E-state index in [-0.39, 0.29) is 16.5 Å². The van der Waals surface area contributed by atoms with Crippen molar-refractivity contribution in [2.24, 2.45) is 5.92 Å². The Labute approximate surface area is 189 Å². The summed E-state index contributed by atoms with van der Waals surface area (Å²) in [6, 6.07) is 9.89. The zero-order chi connectivity index (χ0) is 23.3.